The number of methoxy groups -OCH3 is 1. The van der Waals surface area contributed by atoms with Crippen molar-refractivity contribution in [3.8, 4) is 11.5 Å². The maximum atomic E-state index is 12.6. The topological polar surface area (TPSA) is 59.9 Å². The standard InChI is InChI=1S/C22H19BrN2O3/c1-27-20-10-6-5-9-17(20)14-24-25-22(26)19-13-18(23)11-12-21(19)28-15-16-7-3-2-4-8-16/h2-14H,15H2,1H3,(H,25,26). The van der Waals surface area contributed by atoms with E-state index in [1.54, 1.807) is 25.5 Å². The number of hydrazone groups is 1. The third kappa shape index (κ3) is 5.20. The molecule has 0 saturated heterocycles. The molecule has 0 atom stereocenters. The molecule has 3 aromatic carbocycles. The predicted octanol–water partition coefficient (Wildman–Crippen LogP) is 4.80. The SMILES string of the molecule is COc1ccccc1C=NNC(=O)c1cc(Br)ccc1OCc1ccccc1. The first-order valence-corrected chi connectivity index (χ1v) is 9.39. The van der Waals surface area contributed by atoms with Gasteiger partial charge in [-0.1, -0.05) is 58.4 Å². The predicted molar refractivity (Wildman–Crippen MR) is 113 cm³/mol. The number of benzene rings is 3. The fourth-order valence-corrected chi connectivity index (χ4v) is 2.90. The van der Waals surface area contributed by atoms with Gasteiger partial charge in [0.25, 0.3) is 5.91 Å². The van der Waals surface area contributed by atoms with Crippen LogP contribution >= 0.6 is 15.9 Å². The van der Waals surface area contributed by atoms with E-state index in [2.05, 4.69) is 26.5 Å². The lowest BCUT2D eigenvalue weighted by Gasteiger charge is -2.11. The molecule has 0 heterocycles. The van der Waals surface area contributed by atoms with E-state index in [0.717, 1.165) is 15.6 Å². The summed E-state index contributed by atoms with van der Waals surface area (Å²) in [5, 5.41) is 4.04. The summed E-state index contributed by atoms with van der Waals surface area (Å²) >= 11 is 3.39. The summed E-state index contributed by atoms with van der Waals surface area (Å²) in [4.78, 5) is 12.6. The van der Waals surface area contributed by atoms with E-state index in [9.17, 15) is 4.79 Å². The van der Waals surface area contributed by atoms with Crippen LogP contribution in [0.25, 0.3) is 0 Å². The van der Waals surface area contributed by atoms with E-state index >= 15 is 0 Å². The number of amides is 1. The van der Waals surface area contributed by atoms with Gasteiger partial charge in [0.15, 0.2) is 0 Å². The molecule has 3 aromatic rings. The Bertz CT molecular complexity index is 975. The number of hydrogen-bond donors (Lipinski definition) is 1. The van der Waals surface area contributed by atoms with Crippen molar-refractivity contribution in [3.63, 3.8) is 0 Å². The molecule has 0 unspecified atom stereocenters. The highest BCUT2D eigenvalue weighted by molar-refractivity contribution is 9.10. The summed E-state index contributed by atoms with van der Waals surface area (Å²) in [5.74, 6) is 0.794. The molecule has 0 radical (unpaired) electrons. The van der Waals surface area contributed by atoms with Crippen LogP contribution in [0.3, 0.4) is 0 Å². The summed E-state index contributed by atoms with van der Waals surface area (Å²) in [5.41, 5.74) is 4.71. The van der Waals surface area contributed by atoms with Crippen molar-refractivity contribution >= 4 is 28.1 Å². The van der Waals surface area contributed by atoms with Gasteiger partial charge in [-0.2, -0.15) is 5.10 Å². The van der Waals surface area contributed by atoms with Crippen LogP contribution in [0.4, 0.5) is 0 Å². The molecule has 5 nitrogen and oxygen atoms in total. The highest BCUT2D eigenvalue weighted by Crippen LogP contribution is 2.24. The van der Waals surface area contributed by atoms with Crippen molar-refractivity contribution < 1.29 is 14.3 Å². The van der Waals surface area contributed by atoms with Crippen molar-refractivity contribution in [1.29, 1.82) is 0 Å². The van der Waals surface area contributed by atoms with Gasteiger partial charge in [-0.3, -0.25) is 4.79 Å². The normalized spacial score (nSPS) is 10.6. The molecule has 1 N–H and O–H groups in total. The van der Waals surface area contributed by atoms with Gasteiger partial charge in [-0.15, -0.1) is 0 Å². The number of halogens is 1. The van der Waals surface area contributed by atoms with Crippen LogP contribution in [-0.2, 0) is 6.61 Å². The first kappa shape index (κ1) is 19.6. The van der Waals surface area contributed by atoms with Crippen LogP contribution in [-0.4, -0.2) is 19.2 Å². The molecular formula is C22H19BrN2O3. The Morgan fingerprint density at radius 1 is 1.04 bits per heavy atom. The third-order valence-corrected chi connectivity index (χ3v) is 4.43. The van der Waals surface area contributed by atoms with Crippen LogP contribution in [0.5, 0.6) is 11.5 Å². The summed E-state index contributed by atoms with van der Waals surface area (Å²) in [6.07, 6.45) is 1.54. The first-order valence-electron chi connectivity index (χ1n) is 8.60. The molecule has 0 bridgehead atoms. The van der Waals surface area contributed by atoms with Gasteiger partial charge in [-0.05, 0) is 35.9 Å². The average Bonchev–Trinajstić information content (AvgIpc) is 2.73. The quantitative estimate of drug-likeness (QED) is 0.425. The molecular weight excluding hydrogens is 420 g/mol. The monoisotopic (exact) mass is 438 g/mol. The van der Waals surface area contributed by atoms with Crippen LogP contribution in [0.2, 0.25) is 0 Å². The van der Waals surface area contributed by atoms with Crippen molar-refractivity contribution in [2.75, 3.05) is 7.11 Å². The molecule has 0 fully saturated rings. The highest BCUT2D eigenvalue weighted by atomic mass is 79.9. The average molecular weight is 439 g/mol. The Morgan fingerprint density at radius 2 is 1.79 bits per heavy atom. The smallest absolute Gasteiger partial charge is 0.275 e. The summed E-state index contributed by atoms with van der Waals surface area (Å²) in [6, 6.07) is 22.5. The molecule has 0 aliphatic rings. The number of rotatable bonds is 7. The molecule has 0 spiro atoms. The second-order valence-corrected chi connectivity index (χ2v) is 6.77. The molecule has 3 rings (SSSR count). The zero-order valence-corrected chi connectivity index (χ0v) is 16.8. The second-order valence-electron chi connectivity index (χ2n) is 5.86. The lowest BCUT2D eigenvalue weighted by atomic mass is 10.2. The Kier molecular flexibility index (Phi) is 6.81. The van der Waals surface area contributed by atoms with E-state index in [0.29, 0.717) is 23.7 Å². The van der Waals surface area contributed by atoms with Crippen molar-refractivity contribution in [2.45, 2.75) is 6.61 Å². The Morgan fingerprint density at radius 3 is 2.57 bits per heavy atom. The minimum atomic E-state index is -0.365. The van der Waals surface area contributed by atoms with Crippen molar-refractivity contribution in [2.24, 2.45) is 5.10 Å². The maximum Gasteiger partial charge on any atom is 0.275 e. The molecule has 28 heavy (non-hydrogen) atoms. The van der Waals surface area contributed by atoms with Crippen LogP contribution in [0, 0.1) is 0 Å². The fraction of sp³-hybridized carbons (Fsp3) is 0.0909. The van der Waals surface area contributed by atoms with Gasteiger partial charge in [0, 0.05) is 10.0 Å². The van der Waals surface area contributed by atoms with Gasteiger partial charge in [-0.25, -0.2) is 5.43 Å². The largest absolute Gasteiger partial charge is 0.496 e. The maximum absolute atomic E-state index is 12.6. The van der Waals surface area contributed by atoms with Gasteiger partial charge in [0.1, 0.15) is 18.1 Å². The number of carbonyl (C=O) groups excluding carboxylic acids is 1. The Balaban J connectivity index is 1.72. The highest BCUT2D eigenvalue weighted by Gasteiger charge is 2.13. The fourth-order valence-electron chi connectivity index (χ4n) is 2.53. The molecule has 0 aromatic heterocycles. The molecule has 0 aliphatic carbocycles. The van der Waals surface area contributed by atoms with Gasteiger partial charge in [0.2, 0.25) is 0 Å². The number of para-hydroxylation sites is 1. The van der Waals surface area contributed by atoms with Crippen LogP contribution < -0.4 is 14.9 Å². The van der Waals surface area contributed by atoms with Gasteiger partial charge >= 0.3 is 0 Å². The lowest BCUT2D eigenvalue weighted by Crippen LogP contribution is -2.19. The van der Waals surface area contributed by atoms with E-state index in [1.165, 1.54) is 0 Å². The zero-order valence-electron chi connectivity index (χ0n) is 15.3. The Labute approximate surface area is 172 Å². The second kappa shape index (κ2) is 9.71. The summed E-state index contributed by atoms with van der Waals surface area (Å²) in [7, 11) is 1.59. The number of nitrogens with one attached hydrogen (secondary N) is 1. The molecule has 1 amide bonds. The number of nitrogens with zero attached hydrogens (tertiary/aromatic N) is 1. The van der Waals surface area contributed by atoms with Gasteiger partial charge in [0.05, 0.1) is 18.9 Å². The zero-order chi connectivity index (χ0) is 19.8. The van der Waals surface area contributed by atoms with Crippen molar-refractivity contribution in [1.82, 2.24) is 5.43 Å². The summed E-state index contributed by atoms with van der Waals surface area (Å²) in [6.45, 7) is 0.368. The Hall–Kier alpha value is -3.12. The molecule has 0 saturated carbocycles. The van der Waals surface area contributed by atoms with Crippen LogP contribution in [0.1, 0.15) is 21.5 Å². The van der Waals surface area contributed by atoms with E-state index in [4.69, 9.17) is 9.47 Å². The van der Waals surface area contributed by atoms with Gasteiger partial charge < -0.3 is 9.47 Å². The number of carbonyl (C=O) groups is 1. The third-order valence-electron chi connectivity index (χ3n) is 3.93. The number of ether oxygens (including phenoxy) is 2. The molecule has 0 aliphatic heterocycles. The van der Waals surface area contributed by atoms with E-state index in [-0.39, 0.29) is 5.91 Å². The summed E-state index contributed by atoms with van der Waals surface area (Å²) < 4.78 is 11.9. The van der Waals surface area contributed by atoms with Crippen molar-refractivity contribution in [3.05, 3.63) is 94.0 Å². The number of hydrogen-bond acceptors (Lipinski definition) is 4. The molecule has 6 heteroatoms. The van der Waals surface area contributed by atoms with E-state index < -0.39 is 0 Å². The molecule has 142 valence electrons. The van der Waals surface area contributed by atoms with E-state index in [1.807, 2.05) is 60.7 Å². The minimum absolute atomic E-state index is 0.365. The lowest BCUT2D eigenvalue weighted by molar-refractivity contribution is 0.0950. The first-order chi connectivity index (χ1) is 13.7. The minimum Gasteiger partial charge on any atom is -0.496 e. The van der Waals surface area contributed by atoms with Crippen LogP contribution in [0.15, 0.2) is 82.4 Å².